The summed E-state index contributed by atoms with van der Waals surface area (Å²) in [5.74, 6) is 1.02. The smallest absolute Gasteiger partial charge is 0.128 e. The van der Waals surface area contributed by atoms with Crippen LogP contribution in [0.2, 0.25) is 5.02 Å². The van der Waals surface area contributed by atoms with Crippen molar-refractivity contribution in [1.29, 1.82) is 0 Å². The summed E-state index contributed by atoms with van der Waals surface area (Å²) >= 11 is 6.50. The minimum absolute atomic E-state index is 0.191. The average molecular weight is 368 g/mol. The Morgan fingerprint density at radius 1 is 0.885 bits per heavy atom. The number of hydrogen-bond acceptors (Lipinski definition) is 3. The number of nitrogens with one attached hydrogen (secondary N) is 2. The van der Waals surface area contributed by atoms with Crippen LogP contribution >= 0.6 is 11.6 Å². The van der Waals surface area contributed by atoms with Gasteiger partial charge in [-0.05, 0) is 36.6 Å². The molecule has 2 aromatic carbocycles. The number of aliphatic imine (C=N–C) groups is 1. The molecular weight excluding hydrogens is 346 g/mol. The van der Waals surface area contributed by atoms with Crippen LogP contribution in [0.1, 0.15) is 31.2 Å². The Balaban J connectivity index is 1.59. The molecule has 0 aromatic heterocycles. The maximum Gasteiger partial charge on any atom is 0.128 e. The number of benzene rings is 2. The first-order valence-corrected chi connectivity index (χ1v) is 9.66. The van der Waals surface area contributed by atoms with Crippen molar-refractivity contribution in [2.75, 3.05) is 23.8 Å². The summed E-state index contributed by atoms with van der Waals surface area (Å²) in [6, 6.07) is 16.4. The molecule has 134 valence electrons. The Kier molecular flexibility index (Phi) is 3.73. The highest BCUT2D eigenvalue weighted by Crippen LogP contribution is 2.52. The number of amidine groups is 1. The Hall–Kier alpha value is -2.04. The van der Waals surface area contributed by atoms with Crippen LogP contribution in [0.3, 0.4) is 0 Å². The lowest BCUT2D eigenvalue weighted by Gasteiger charge is -2.44. The van der Waals surface area contributed by atoms with Crippen molar-refractivity contribution in [1.82, 2.24) is 0 Å². The molecule has 5 rings (SSSR count). The molecule has 1 saturated carbocycles. The van der Waals surface area contributed by atoms with Gasteiger partial charge in [0.1, 0.15) is 5.84 Å². The summed E-state index contributed by atoms with van der Waals surface area (Å²) in [6.07, 6.45) is 3.89. The maximum atomic E-state index is 6.50. The normalized spacial score (nSPS) is 23.8. The van der Waals surface area contributed by atoms with Crippen molar-refractivity contribution in [2.24, 2.45) is 4.99 Å². The summed E-state index contributed by atoms with van der Waals surface area (Å²) in [7, 11) is 0. The summed E-state index contributed by atoms with van der Waals surface area (Å²) in [4.78, 5) is 5.29. The van der Waals surface area contributed by atoms with Crippen LogP contribution in [-0.2, 0) is 10.3 Å². The molecule has 2 fully saturated rings. The van der Waals surface area contributed by atoms with E-state index in [0.717, 1.165) is 66.7 Å². The molecule has 0 amide bonds. The molecule has 3 aliphatic rings. The van der Waals surface area contributed by atoms with Crippen LogP contribution in [-0.4, -0.2) is 24.6 Å². The molecule has 0 radical (unpaired) electrons. The van der Waals surface area contributed by atoms with Crippen LogP contribution in [0.5, 0.6) is 0 Å². The average Bonchev–Trinajstić information content (AvgIpc) is 3.44. The number of rotatable bonds is 2. The molecule has 26 heavy (non-hydrogen) atoms. The van der Waals surface area contributed by atoms with E-state index in [2.05, 4.69) is 34.9 Å². The van der Waals surface area contributed by atoms with Gasteiger partial charge in [-0.3, -0.25) is 4.99 Å². The van der Waals surface area contributed by atoms with Gasteiger partial charge in [-0.1, -0.05) is 41.9 Å². The second-order valence-electron chi connectivity index (χ2n) is 7.46. The molecule has 4 nitrogen and oxygen atoms in total. The van der Waals surface area contributed by atoms with Crippen LogP contribution in [0.25, 0.3) is 0 Å². The molecule has 2 aliphatic heterocycles. The second-order valence-corrected chi connectivity index (χ2v) is 7.87. The summed E-state index contributed by atoms with van der Waals surface area (Å²) in [5.41, 5.74) is 2.97. The first-order chi connectivity index (χ1) is 12.7. The Labute approximate surface area is 158 Å². The van der Waals surface area contributed by atoms with E-state index in [1.807, 2.05) is 24.3 Å². The third-order valence-corrected chi connectivity index (χ3v) is 6.11. The Bertz CT molecular complexity index is 869. The molecule has 2 aromatic rings. The topological polar surface area (TPSA) is 45.7 Å². The summed E-state index contributed by atoms with van der Waals surface area (Å²) < 4.78 is 5.64. The molecule has 0 bridgehead atoms. The number of ether oxygens (including phenoxy) is 1. The molecule has 2 heterocycles. The van der Waals surface area contributed by atoms with Crippen molar-refractivity contribution in [3.63, 3.8) is 0 Å². The lowest BCUT2D eigenvalue weighted by atomic mass is 9.85. The highest BCUT2D eigenvalue weighted by molar-refractivity contribution is 6.31. The molecule has 0 unspecified atom stereocenters. The molecular formula is C21H22ClN3O. The zero-order chi connectivity index (χ0) is 17.6. The highest BCUT2D eigenvalue weighted by Gasteiger charge is 2.49. The number of hydrogen-bond donors (Lipinski definition) is 2. The minimum Gasteiger partial charge on any atom is -0.381 e. The molecule has 5 heteroatoms. The quantitative estimate of drug-likeness (QED) is 0.800. The van der Waals surface area contributed by atoms with Gasteiger partial charge in [-0.2, -0.15) is 0 Å². The zero-order valence-corrected chi connectivity index (χ0v) is 15.4. The van der Waals surface area contributed by atoms with Crippen molar-refractivity contribution in [2.45, 2.75) is 36.8 Å². The van der Waals surface area contributed by atoms with E-state index in [9.17, 15) is 0 Å². The number of para-hydroxylation sites is 2. The fourth-order valence-electron chi connectivity index (χ4n) is 4.09. The largest absolute Gasteiger partial charge is 0.381 e. The molecule has 2 N–H and O–H groups in total. The molecule has 1 spiro atoms. The van der Waals surface area contributed by atoms with E-state index in [-0.39, 0.29) is 11.1 Å². The van der Waals surface area contributed by atoms with E-state index < -0.39 is 0 Å². The van der Waals surface area contributed by atoms with E-state index in [4.69, 9.17) is 21.3 Å². The zero-order valence-electron chi connectivity index (χ0n) is 14.6. The van der Waals surface area contributed by atoms with E-state index >= 15 is 0 Å². The standard InChI is InChI=1S/C21H22ClN3O/c22-16-6-2-1-5-15(16)20(9-10-20)25-19-21(11-13-26-14-12-21)24-18-8-4-3-7-17(18)23-19/h1-8,24H,9-14H2,(H,23,25). The first-order valence-electron chi connectivity index (χ1n) is 9.28. The van der Waals surface area contributed by atoms with Gasteiger partial charge in [0.2, 0.25) is 0 Å². The third kappa shape index (κ3) is 2.60. The molecule has 1 saturated heterocycles. The predicted octanol–water partition coefficient (Wildman–Crippen LogP) is 4.81. The van der Waals surface area contributed by atoms with E-state index in [1.54, 1.807) is 0 Å². The number of halogens is 1. The van der Waals surface area contributed by atoms with Crippen LogP contribution in [0, 0.1) is 0 Å². The van der Waals surface area contributed by atoms with Gasteiger partial charge in [0.05, 0.1) is 22.5 Å². The minimum atomic E-state index is -0.194. The number of anilines is 2. The number of fused-ring (bicyclic) bond motifs is 1. The van der Waals surface area contributed by atoms with E-state index in [1.165, 1.54) is 0 Å². The van der Waals surface area contributed by atoms with Gasteiger partial charge in [0.15, 0.2) is 0 Å². The monoisotopic (exact) mass is 367 g/mol. The lowest BCUT2D eigenvalue weighted by molar-refractivity contribution is 0.0777. The lowest BCUT2D eigenvalue weighted by Crippen LogP contribution is -2.56. The second kappa shape index (κ2) is 6.00. The van der Waals surface area contributed by atoms with Crippen LogP contribution in [0.15, 0.2) is 53.5 Å². The number of nitrogens with zero attached hydrogens (tertiary/aromatic N) is 1. The van der Waals surface area contributed by atoms with Gasteiger partial charge in [-0.15, -0.1) is 0 Å². The van der Waals surface area contributed by atoms with Crippen LogP contribution < -0.4 is 10.6 Å². The SMILES string of the molecule is Clc1ccccc1C1(N=C2Nc3ccccc3NC23CCOCC3)CC1. The van der Waals surface area contributed by atoms with Gasteiger partial charge < -0.3 is 15.4 Å². The maximum absolute atomic E-state index is 6.50. The predicted molar refractivity (Wildman–Crippen MR) is 106 cm³/mol. The first kappa shape index (κ1) is 16.2. The summed E-state index contributed by atoms with van der Waals surface area (Å²) in [5, 5.41) is 8.21. The van der Waals surface area contributed by atoms with Gasteiger partial charge in [-0.25, -0.2) is 0 Å². The van der Waals surface area contributed by atoms with Gasteiger partial charge in [0.25, 0.3) is 0 Å². The van der Waals surface area contributed by atoms with Crippen molar-refractivity contribution in [3.05, 3.63) is 59.1 Å². The third-order valence-electron chi connectivity index (χ3n) is 5.78. The van der Waals surface area contributed by atoms with Gasteiger partial charge >= 0.3 is 0 Å². The Morgan fingerprint density at radius 3 is 2.31 bits per heavy atom. The fraction of sp³-hybridized carbons (Fsp3) is 0.381. The molecule has 0 atom stereocenters. The molecule has 1 aliphatic carbocycles. The highest BCUT2D eigenvalue weighted by atomic mass is 35.5. The fourth-order valence-corrected chi connectivity index (χ4v) is 4.41. The van der Waals surface area contributed by atoms with Crippen molar-refractivity contribution < 1.29 is 4.74 Å². The van der Waals surface area contributed by atoms with Crippen LogP contribution in [0.4, 0.5) is 11.4 Å². The van der Waals surface area contributed by atoms with Crippen molar-refractivity contribution in [3.8, 4) is 0 Å². The Morgan fingerprint density at radius 2 is 1.58 bits per heavy atom. The van der Waals surface area contributed by atoms with Gasteiger partial charge in [0, 0.05) is 31.1 Å². The van der Waals surface area contributed by atoms with E-state index in [0.29, 0.717) is 0 Å². The summed E-state index contributed by atoms with van der Waals surface area (Å²) in [6.45, 7) is 1.49. The van der Waals surface area contributed by atoms with Crippen molar-refractivity contribution >= 4 is 28.8 Å².